The summed E-state index contributed by atoms with van der Waals surface area (Å²) in [5.74, 6) is -0.389. The van der Waals surface area contributed by atoms with Crippen molar-refractivity contribution in [2.24, 2.45) is 0 Å². The standard InChI is InChI=1S/C13H18ClNO3/c1-3-6-13(2,18)8-15-12(17)9-4-5-11(16)10(14)7-9/h4-5,7,16,18H,3,6,8H2,1-2H3,(H,15,17). The Kier molecular flexibility index (Phi) is 4.99. The summed E-state index contributed by atoms with van der Waals surface area (Å²) in [7, 11) is 0. The van der Waals surface area contributed by atoms with Crippen LogP contribution in [0.3, 0.4) is 0 Å². The van der Waals surface area contributed by atoms with Crippen LogP contribution in [-0.2, 0) is 0 Å². The molecule has 0 bridgehead atoms. The molecule has 1 atom stereocenters. The molecule has 0 saturated heterocycles. The number of phenolic OH excluding ortho intramolecular Hbond substituents is 1. The Morgan fingerprint density at radius 1 is 1.50 bits per heavy atom. The van der Waals surface area contributed by atoms with Gasteiger partial charge < -0.3 is 15.5 Å². The lowest BCUT2D eigenvalue weighted by molar-refractivity contribution is 0.0469. The van der Waals surface area contributed by atoms with E-state index in [2.05, 4.69) is 5.32 Å². The number of rotatable bonds is 5. The summed E-state index contributed by atoms with van der Waals surface area (Å²) >= 11 is 5.72. The Balaban J connectivity index is 2.63. The van der Waals surface area contributed by atoms with Gasteiger partial charge in [-0.25, -0.2) is 0 Å². The fourth-order valence-electron chi connectivity index (χ4n) is 1.65. The SMILES string of the molecule is CCCC(C)(O)CNC(=O)c1ccc(O)c(Cl)c1. The zero-order valence-corrected chi connectivity index (χ0v) is 11.3. The van der Waals surface area contributed by atoms with Crippen LogP contribution in [0.2, 0.25) is 5.02 Å². The highest BCUT2D eigenvalue weighted by atomic mass is 35.5. The summed E-state index contributed by atoms with van der Waals surface area (Å²) in [6.07, 6.45) is 1.46. The van der Waals surface area contributed by atoms with E-state index in [0.29, 0.717) is 12.0 Å². The molecule has 3 N–H and O–H groups in total. The van der Waals surface area contributed by atoms with Crippen LogP contribution < -0.4 is 5.32 Å². The fraction of sp³-hybridized carbons (Fsp3) is 0.462. The second kappa shape index (κ2) is 6.07. The third kappa shape index (κ3) is 4.20. The van der Waals surface area contributed by atoms with E-state index in [9.17, 15) is 15.0 Å². The second-order valence-electron chi connectivity index (χ2n) is 4.60. The molecular weight excluding hydrogens is 254 g/mol. The maximum absolute atomic E-state index is 11.8. The number of aromatic hydroxyl groups is 1. The second-order valence-corrected chi connectivity index (χ2v) is 5.00. The molecule has 1 aromatic carbocycles. The highest BCUT2D eigenvalue weighted by molar-refractivity contribution is 6.32. The minimum absolute atomic E-state index is 0.0637. The summed E-state index contributed by atoms with van der Waals surface area (Å²) in [6, 6.07) is 4.23. The molecule has 1 rings (SSSR count). The Hall–Kier alpha value is -1.26. The van der Waals surface area contributed by atoms with Crippen LogP contribution in [0.4, 0.5) is 0 Å². The number of carbonyl (C=O) groups excluding carboxylic acids is 1. The van der Waals surface area contributed by atoms with Crippen LogP contribution in [0.25, 0.3) is 0 Å². The van der Waals surface area contributed by atoms with Gasteiger partial charge in [-0.05, 0) is 31.5 Å². The van der Waals surface area contributed by atoms with Gasteiger partial charge in [0, 0.05) is 12.1 Å². The van der Waals surface area contributed by atoms with Gasteiger partial charge in [0.1, 0.15) is 5.75 Å². The molecule has 0 aliphatic heterocycles. The number of hydrogen-bond donors (Lipinski definition) is 3. The highest BCUT2D eigenvalue weighted by Crippen LogP contribution is 2.23. The zero-order valence-electron chi connectivity index (χ0n) is 10.5. The Bertz CT molecular complexity index is 432. The Morgan fingerprint density at radius 2 is 2.17 bits per heavy atom. The summed E-state index contributed by atoms with van der Waals surface area (Å²) in [5, 5.41) is 21.9. The zero-order chi connectivity index (χ0) is 13.8. The van der Waals surface area contributed by atoms with Crippen LogP contribution >= 0.6 is 11.6 Å². The number of amides is 1. The molecular formula is C13H18ClNO3. The van der Waals surface area contributed by atoms with Gasteiger partial charge in [0.05, 0.1) is 10.6 Å². The Labute approximate surface area is 112 Å². The molecule has 0 heterocycles. The molecule has 0 spiro atoms. The van der Waals surface area contributed by atoms with E-state index in [1.807, 2.05) is 6.92 Å². The van der Waals surface area contributed by atoms with Crippen molar-refractivity contribution < 1.29 is 15.0 Å². The van der Waals surface area contributed by atoms with Gasteiger partial charge in [0.25, 0.3) is 5.91 Å². The predicted octanol–water partition coefficient (Wildman–Crippen LogP) is 2.33. The third-order valence-electron chi connectivity index (χ3n) is 2.63. The molecule has 0 aliphatic rings. The lowest BCUT2D eigenvalue weighted by atomic mass is 10.0. The monoisotopic (exact) mass is 271 g/mol. The summed E-state index contributed by atoms with van der Waals surface area (Å²) < 4.78 is 0. The number of benzene rings is 1. The van der Waals surface area contributed by atoms with Crippen molar-refractivity contribution in [3.05, 3.63) is 28.8 Å². The van der Waals surface area contributed by atoms with Crippen LogP contribution in [-0.4, -0.2) is 28.3 Å². The summed E-state index contributed by atoms with van der Waals surface area (Å²) in [6.45, 7) is 3.83. The van der Waals surface area contributed by atoms with Gasteiger partial charge in [-0.2, -0.15) is 0 Å². The molecule has 100 valence electrons. The Morgan fingerprint density at radius 3 is 2.72 bits per heavy atom. The average Bonchev–Trinajstić information content (AvgIpc) is 2.30. The molecule has 1 unspecified atom stereocenters. The van der Waals surface area contributed by atoms with E-state index in [0.717, 1.165) is 6.42 Å². The molecule has 1 aromatic rings. The van der Waals surface area contributed by atoms with Crippen LogP contribution in [0.15, 0.2) is 18.2 Å². The first-order valence-corrected chi connectivity index (χ1v) is 6.22. The maximum atomic E-state index is 11.8. The largest absolute Gasteiger partial charge is 0.506 e. The minimum Gasteiger partial charge on any atom is -0.506 e. The predicted molar refractivity (Wildman–Crippen MR) is 71.0 cm³/mol. The first kappa shape index (κ1) is 14.8. The number of carbonyl (C=O) groups is 1. The van der Waals surface area contributed by atoms with Crippen LogP contribution in [0.5, 0.6) is 5.75 Å². The number of nitrogens with one attached hydrogen (secondary N) is 1. The number of phenols is 1. The van der Waals surface area contributed by atoms with Gasteiger partial charge in [0.2, 0.25) is 0 Å². The first-order chi connectivity index (χ1) is 8.35. The number of halogens is 1. The van der Waals surface area contributed by atoms with Crippen LogP contribution in [0.1, 0.15) is 37.0 Å². The van der Waals surface area contributed by atoms with Gasteiger partial charge in [0.15, 0.2) is 0 Å². The van der Waals surface area contributed by atoms with E-state index in [1.54, 1.807) is 6.92 Å². The minimum atomic E-state index is -0.912. The van der Waals surface area contributed by atoms with Crippen molar-refractivity contribution in [2.75, 3.05) is 6.54 Å². The molecule has 0 radical (unpaired) electrons. The van der Waals surface area contributed by atoms with Crippen molar-refractivity contribution in [1.29, 1.82) is 0 Å². The smallest absolute Gasteiger partial charge is 0.251 e. The third-order valence-corrected chi connectivity index (χ3v) is 2.93. The lowest BCUT2D eigenvalue weighted by Gasteiger charge is -2.22. The molecule has 4 nitrogen and oxygen atoms in total. The van der Waals surface area contributed by atoms with E-state index in [-0.39, 0.29) is 23.2 Å². The van der Waals surface area contributed by atoms with E-state index >= 15 is 0 Å². The van der Waals surface area contributed by atoms with Crippen molar-refractivity contribution in [3.63, 3.8) is 0 Å². The van der Waals surface area contributed by atoms with Crippen molar-refractivity contribution >= 4 is 17.5 Å². The van der Waals surface area contributed by atoms with Gasteiger partial charge in [-0.15, -0.1) is 0 Å². The quantitative estimate of drug-likeness (QED) is 0.770. The lowest BCUT2D eigenvalue weighted by Crippen LogP contribution is -2.40. The van der Waals surface area contributed by atoms with Crippen molar-refractivity contribution in [3.8, 4) is 5.75 Å². The molecule has 0 fully saturated rings. The van der Waals surface area contributed by atoms with E-state index in [4.69, 9.17) is 11.6 Å². The van der Waals surface area contributed by atoms with Gasteiger partial charge >= 0.3 is 0 Å². The molecule has 18 heavy (non-hydrogen) atoms. The van der Waals surface area contributed by atoms with Crippen LogP contribution in [0, 0.1) is 0 Å². The number of aliphatic hydroxyl groups is 1. The molecule has 0 saturated carbocycles. The van der Waals surface area contributed by atoms with Crippen molar-refractivity contribution in [2.45, 2.75) is 32.3 Å². The van der Waals surface area contributed by atoms with E-state index in [1.165, 1.54) is 18.2 Å². The molecule has 0 aliphatic carbocycles. The van der Waals surface area contributed by atoms with E-state index < -0.39 is 5.60 Å². The average molecular weight is 272 g/mol. The summed E-state index contributed by atoms with van der Waals surface area (Å²) in [4.78, 5) is 11.8. The fourth-order valence-corrected chi connectivity index (χ4v) is 1.83. The van der Waals surface area contributed by atoms with Crippen molar-refractivity contribution in [1.82, 2.24) is 5.32 Å². The highest BCUT2D eigenvalue weighted by Gasteiger charge is 2.20. The number of hydrogen-bond acceptors (Lipinski definition) is 3. The molecule has 5 heteroatoms. The summed E-state index contributed by atoms with van der Waals surface area (Å²) in [5.41, 5.74) is -0.560. The van der Waals surface area contributed by atoms with Gasteiger partial charge in [-0.3, -0.25) is 4.79 Å². The molecule has 1 amide bonds. The van der Waals surface area contributed by atoms with Gasteiger partial charge in [-0.1, -0.05) is 24.9 Å². The topological polar surface area (TPSA) is 69.6 Å². The molecule has 0 aromatic heterocycles. The first-order valence-electron chi connectivity index (χ1n) is 5.85. The maximum Gasteiger partial charge on any atom is 0.251 e. The normalized spacial score (nSPS) is 14.0.